The van der Waals surface area contributed by atoms with Gasteiger partial charge in [0.15, 0.2) is 0 Å². The van der Waals surface area contributed by atoms with Crippen LogP contribution in [0.3, 0.4) is 0 Å². The van der Waals surface area contributed by atoms with Crippen LogP contribution >= 0.6 is 11.6 Å². The molecule has 0 saturated carbocycles. The molecule has 20 heavy (non-hydrogen) atoms. The summed E-state index contributed by atoms with van der Waals surface area (Å²) in [5.74, 6) is -0.266. The van der Waals surface area contributed by atoms with Gasteiger partial charge in [0.1, 0.15) is 5.82 Å². The predicted octanol–water partition coefficient (Wildman–Crippen LogP) is 4.60. The van der Waals surface area contributed by atoms with Gasteiger partial charge in [-0.3, -0.25) is 0 Å². The van der Waals surface area contributed by atoms with Crippen molar-refractivity contribution >= 4 is 11.6 Å². The van der Waals surface area contributed by atoms with Crippen molar-refractivity contribution in [2.45, 2.75) is 26.3 Å². The standard InChI is InChI=1S/C17H19ClFN/c1-11-8-15(16(18)10-17(11)19)14-6-4-13(5-7-14)9-12(2)20-3/h4-8,10,12,20H,9H2,1-3H3. The monoisotopic (exact) mass is 291 g/mol. The van der Waals surface area contributed by atoms with Crippen LogP contribution in [0.5, 0.6) is 0 Å². The fraction of sp³-hybridized carbons (Fsp3) is 0.294. The third-order valence-corrected chi connectivity index (χ3v) is 3.86. The number of hydrogen-bond acceptors (Lipinski definition) is 1. The lowest BCUT2D eigenvalue weighted by Gasteiger charge is -2.11. The summed E-state index contributed by atoms with van der Waals surface area (Å²) < 4.78 is 13.4. The first-order chi connectivity index (χ1) is 9.51. The summed E-state index contributed by atoms with van der Waals surface area (Å²) in [6.07, 6.45) is 0.979. The average molecular weight is 292 g/mol. The summed E-state index contributed by atoms with van der Waals surface area (Å²) in [6, 6.07) is 11.9. The Morgan fingerprint density at radius 3 is 2.45 bits per heavy atom. The van der Waals surface area contributed by atoms with E-state index in [-0.39, 0.29) is 5.82 Å². The van der Waals surface area contributed by atoms with E-state index in [2.05, 4.69) is 24.4 Å². The van der Waals surface area contributed by atoms with Crippen LogP contribution in [0.4, 0.5) is 4.39 Å². The van der Waals surface area contributed by atoms with E-state index in [0.717, 1.165) is 17.5 Å². The first kappa shape index (κ1) is 15.0. The van der Waals surface area contributed by atoms with Crippen LogP contribution in [0.1, 0.15) is 18.1 Å². The Morgan fingerprint density at radius 2 is 1.85 bits per heavy atom. The van der Waals surface area contributed by atoms with Gasteiger partial charge in [0.05, 0.1) is 5.02 Å². The number of nitrogens with one attached hydrogen (secondary N) is 1. The number of rotatable bonds is 4. The van der Waals surface area contributed by atoms with E-state index in [0.29, 0.717) is 16.6 Å². The number of halogens is 2. The number of benzene rings is 2. The van der Waals surface area contributed by atoms with Crippen molar-refractivity contribution < 1.29 is 4.39 Å². The van der Waals surface area contributed by atoms with Crippen LogP contribution in [0, 0.1) is 12.7 Å². The minimum atomic E-state index is -0.266. The van der Waals surface area contributed by atoms with Crippen molar-refractivity contribution in [2.75, 3.05) is 7.05 Å². The van der Waals surface area contributed by atoms with Crippen molar-refractivity contribution in [3.63, 3.8) is 0 Å². The minimum Gasteiger partial charge on any atom is -0.317 e. The molecule has 2 rings (SSSR count). The maximum Gasteiger partial charge on any atom is 0.127 e. The summed E-state index contributed by atoms with van der Waals surface area (Å²) in [6.45, 7) is 3.90. The molecule has 3 heteroatoms. The van der Waals surface area contributed by atoms with Gasteiger partial charge in [0.2, 0.25) is 0 Å². The highest BCUT2D eigenvalue weighted by Crippen LogP contribution is 2.30. The second-order valence-corrected chi connectivity index (χ2v) is 5.58. The largest absolute Gasteiger partial charge is 0.317 e. The molecule has 0 fully saturated rings. The molecule has 1 atom stereocenters. The lowest BCUT2D eigenvalue weighted by molar-refractivity contribution is 0.608. The zero-order valence-corrected chi connectivity index (χ0v) is 12.8. The Kier molecular flexibility index (Phi) is 4.79. The Balaban J connectivity index is 2.28. The summed E-state index contributed by atoms with van der Waals surface area (Å²) in [4.78, 5) is 0. The summed E-state index contributed by atoms with van der Waals surface area (Å²) >= 11 is 6.13. The second kappa shape index (κ2) is 6.38. The van der Waals surface area contributed by atoms with Gasteiger partial charge in [-0.15, -0.1) is 0 Å². The van der Waals surface area contributed by atoms with Gasteiger partial charge in [0, 0.05) is 11.6 Å². The molecule has 1 N–H and O–H groups in total. The fourth-order valence-electron chi connectivity index (χ4n) is 2.15. The molecule has 0 aliphatic carbocycles. The van der Waals surface area contributed by atoms with E-state index >= 15 is 0 Å². The van der Waals surface area contributed by atoms with Crippen LogP contribution in [-0.2, 0) is 6.42 Å². The van der Waals surface area contributed by atoms with Crippen molar-refractivity contribution in [3.8, 4) is 11.1 Å². The van der Waals surface area contributed by atoms with E-state index in [9.17, 15) is 4.39 Å². The SMILES string of the molecule is CNC(C)Cc1ccc(-c2cc(C)c(F)cc2Cl)cc1. The molecule has 1 nitrogen and oxygen atoms in total. The first-order valence-electron chi connectivity index (χ1n) is 6.73. The molecule has 106 valence electrons. The zero-order valence-electron chi connectivity index (χ0n) is 12.0. The lowest BCUT2D eigenvalue weighted by atomic mass is 10.00. The molecule has 0 saturated heterocycles. The molecule has 1 unspecified atom stereocenters. The van der Waals surface area contributed by atoms with Crippen LogP contribution in [-0.4, -0.2) is 13.1 Å². The van der Waals surface area contributed by atoms with Crippen LogP contribution in [0.2, 0.25) is 5.02 Å². The molecule has 0 amide bonds. The van der Waals surface area contributed by atoms with Crippen LogP contribution < -0.4 is 5.32 Å². The first-order valence-corrected chi connectivity index (χ1v) is 7.11. The quantitative estimate of drug-likeness (QED) is 0.868. The third-order valence-electron chi connectivity index (χ3n) is 3.55. The molecule has 0 radical (unpaired) electrons. The smallest absolute Gasteiger partial charge is 0.127 e. The van der Waals surface area contributed by atoms with Gasteiger partial charge in [-0.1, -0.05) is 35.9 Å². The van der Waals surface area contributed by atoms with Gasteiger partial charge in [-0.2, -0.15) is 0 Å². The Labute approximate surface area is 124 Å². The van der Waals surface area contributed by atoms with Gasteiger partial charge >= 0.3 is 0 Å². The average Bonchev–Trinajstić information content (AvgIpc) is 2.44. The molecule has 0 aliphatic heterocycles. The van der Waals surface area contributed by atoms with Crippen molar-refractivity contribution in [3.05, 3.63) is 58.4 Å². The molecule has 0 spiro atoms. The molecule has 0 bridgehead atoms. The zero-order chi connectivity index (χ0) is 14.7. The van der Waals surface area contributed by atoms with Crippen molar-refractivity contribution in [1.29, 1.82) is 0 Å². The number of aryl methyl sites for hydroxylation is 1. The maximum absolute atomic E-state index is 13.4. The Hall–Kier alpha value is -1.38. The fourth-order valence-corrected chi connectivity index (χ4v) is 2.41. The molecule has 2 aromatic carbocycles. The van der Waals surface area contributed by atoms with Crippen LogP contribution in [0.25, 0.3) is 11.1 Å². The van der Waals surface area contributed by atoms with Gasteiger partial charge in [0.25, 0.3) is 0 Å². The number of hydrogen-bond donors (Lipinski definition) is 1. The Morgan fingerprint density at radius 1 is 1.20 bits per heavy atom. The maximum atomic E-state index is 13.4. The molecular weight excluding hydrogens is 273 g/mol. The molecule has 0 aromatic heterocycles. The van der Waals surface area contributed by atoms with Gasteiger partial charge < -0.3 is 5.32 Å². The van der Waals surface area contributed by atoms with Crippen molar-refractivity contribution in [2.24, 2.45) is 0 Å². The van der Waals surface area contributed by atoms with E-state index in [1.54, 1.807) is 13.0 Å². The topological polar surface area (TPSA) is 12.0 Å². The van der Waals surface area contributed by atoms with Crippen LogP contribution in [0.15, 0.2) is 36.4 Å². The lowest BCUT2D eigenvalue weighted by Crippen LogP contribution is -2.23. The van der Waals surface area contributed by atoms with Crippen molar-refractivity contribution in [1.82, 2.24) is 5.32 Å². The number of likely N-dealkylation sites (N-methyl/N-ethyl adjacent to an activating group) is 1. The highest BCUT2D eigenvalue weighted by molar-refractivity contribution is 6.33. The highest BCUT2D eigenvalue weighted by Gasteiger charge is 2.08. The summed E-state index contributed by atoms with van der Waals surface area (Å²) in [5.41, 5.74) is 3.76. The van der Waals surface area contributed by atoms with E-state index in [1.807, 2.05) is 19.2 Å². The third kappa shape index (κ3) is 3.38. The summed E-state index contributed by atoms with van der Waals surface area (Å²) in [5, 5.41) is 3.67. The van der Waals surface area contributed by atoms with E-state index in [1.165, 1.54) is 11.6 Å². The van der Waals surface area contributed by atoms with E-state index in [4.69, 9.17) is 11.6 Å². The van der Waals surface area contributed by atoms with E-state index < -0.39 is 0 Å². The Bertz CT molecular complexity index is 593. The van der Waals surface area contributed by atoms with Gasteiger partial charge in [-0.25, -0.2) is 4.39 Å². The normalized spacial score (nSPS) is 12.4. The van der Waals surface area contributed by atoms with Gasteiger partial charge in [-0.05, 0) is 56.1 Å². The minimum absolute atomic E-state index is 0.266. The second-order valence-electron chi connectivity index (χ2n) is 5.17. The molecule has 0 aliphatic rings. The predicted molar refractivity (Wildman–Crippen MR) is 83.8 cm³/mol. The molecule has 2 aromatic rings. The molecular formula is C17H19ClFN. The highest BCUT2D eigenvalue weighted by atomic mass is 35.5. The molecule has 0 heterocycles. The summed E-state index contributed by atoms with van der Waals surface area (Å²) in [7, 11) is 1.96.